The molecule has 0 atom stereocenters. The Labute approximate surface area is 143 Å². The van der Waals surface area contributed by atoms with Crippen LogP contribution in [0.25, 0.3) is 10.9 Å². The van der Waals surface area contributed by atoms with Crippen molar-refractivity contribution in [1.82, 2.24) is 4.98 Å². The number of rotatable bonds is 4. The summed E-state index contributed by atoms with van der Waals surface area (Å²) in [6, 6.07) is 11.4. The highest BCUT2D eigenvalue weighted by Gasteiger charge is 2.20. The maximum atomic E-state index is 12.6. The lowest BCUT2D eigenvalue weighted by atomic mass is 10.2. The lowest BCUT2D eigenvalue weighted by molar-refractivity contribution is 0.413. The van der Waals surface area contributed by atoms with E-state index in [1.54, 1.807) is 18.2 Å². The second-order valence-corrected chi connectivity index (χ2v) is 7.06. The fourth-order valence-corrected chi connectivity index (χ4v) is 3.75. The summed E-state index contributed by atoms with van der Waals surface area (Å²) in [5, 5.41) is 10.0. The molecule has 0 saturated heterocycles. The van der Waals surface area contributed by atoms with Crippen molar-refractivity contribution < 1.29 is 13.2 Å². The monoisotopic (exact) mass is 361 g/mol. The lowest BCUT2D eigenvalue weighted by Crippen LogP contribution is -2.12. The third kappa shape index (κ3) is 2.89. The van der Waals surface area contributed by atoms with Crippen LogP contribution in [-0.2, 0) is 10.0 Å². The van der Waals surface area contributed by atoms with E-state index < -0.39 is 10.0 Å². The highest BCUT2D eigenvalue weighted by molar-refractivity contribution is 7.93. The van der Waals surface area contributed by atoms with Crippen LogP contribution in [0, 0.1) is 11.3 Å². The first kappa shape index (κ1) is 16.2. The number of benzene rings is 2. The van der Waals surface area contributed by atoms with E-state index >= 15 is 0 Å². The fraction of sp³-hybridized carbons (Fsp3) is 0.0625. The molecule has 122 valence electrons. The van der Waals surface area contributed by atoms with Crippen molar-refractivity contribution in [3.63, 3.8) is 0 Å². The van der Waals surface area contributed by atoms with Crippen molar-refractivity contribution in [2.45, 2.75) is 4.90 Å². The number of H-pyrrole nitrogens is 1. The molecule has 0 aliphatic heterocycles. The number of hydrogen-bond acceptors (Lipinski definition) is 4. The Kier molecular flexibility index (Phi) is 4.09. The van der Waals surface area contributed by atoms with Gasteiger partial charge in [0.05, 0.1) is 18.4 Å². The largest absolute Gasteiger partial charge is 0.495 e. The normalized spacial score (nSPS) is 11.2. The van der Waals surface area contributed by atoms with Gasteiger partial charge in [0.2, 0.25) is 0 Å². The lowest BCUT2D eigenvalue weighted by Gasteiger charge is -2.09. The molecule has 24 heavy (non-hydrogen) atoms. The van der Waals surface area contributed by atoms with E-state index in [1.165, 1.54) is 31.5 Å². The van der Waals surface area contributed by atoms with E-state index in [0.717, 1.165) is 0 Å². The topological polar surface area (TPSA) is 95.0 Å². The van der Waals surface area contributed by atoms with Gasteiger partial charge in [-0.1, -0.05) is 11.6 Å². The summed E-state index contributed by atoms with van der Waals surface area (Å²) in [6.07, 6.45) is 1.41. The van der Waals surface area contributed by atoms with Crippen molar-refractivity contribution in [2.24, 2.45) is 0 Å². The van der Waals surface area contributed by atoms with Crippen molar-refractivity contribution >= 4 is 38.2 Å². The first-order valence-electron chi connectivity index (χ1n) is 6.82. The van der Waals surface area contributed by atoms with Gasteiger partial charge in [-0.25, -0.2) is 8.42 Å². The Morgan fingerprint density at radius 1 is 1.25 bits per heavy atom. The number of ether oxygens (including phenoxy) is 1. The average molecular weight is 362 g/mol. The molecular weight excluding hydrogens is 350 g/mol. The number of fused-ring (bicyclic) bond motifs is 1. The molecule has 2 N–H and O–H groups in total. The molecule has 3 rings (SSSR count). The van der Waals surface area contributed by atoms with Gasteiger partial charge in [-0.3, -0.25) is 4.72 Å². The number of nitrogens with one attached hydrogen (secondary N) is 2. The Bertz CT molecular complexity index is 1070. The third-order valence-corrected chi connectivity index (χ3v) is 5.13. The van der Waals surface area contributed by atoms with Gasteiger partial charge in [-0.15, -0.1) is 0 Å². The van der Waals surface area contributed by atoms with Gasteiger partial charge < -0.3 is 9.72 Å². The standard InChI is InChI=1S/C16H12ClN3O3S/c1-23-15-7-12(4-2-10(15)8-18)20-24(21,22)16-9-19-14-6-11(17)3-5-13(14)16/h2-7,9,19-20H,1H3. The van der Waals surface area contributed by atoms with Crippen LogP contribution in [0.3, 0.4) is 0 Å². The first-order chi connectivity index (χ1) is 11.4. The number of aromatic nitrogens is 1. The van der Waals surface area contributed by atoms with E-state index in [0.29, 0.717) is 32.9 Å². The number of aromatic amines is 1. The molecule has 0 aliphatic carbocycles. The van der Waals surface area contributed by atoms with Crippen LogP contribution in [0.15, 0.2) is 47.5 Å². The molecule has 0 saturated carbocycles. The number of nitrogens with zero attached hydrogens (tertiary/aromatic N) is 1. The summed E-state index contributed by atoms with van der Waals surface area (Å²) in [5.74, 6) is 0.295. The fourth-order valence-electron chi connectivity index (χ4n) is 2.35. The first-order valence-corrected chi connectivity index (χ1v) is 8.68. The van der Waals surface area contributed by atoms with Gasteiger partial charge in [-0.2, -0.15) is 5.26 Å². The maximum absolute atomic E-state index is 12.6. The summed E-state index contributed by atoms with van der Waals surface area (Å²) < 4.78 is 32.9. The number of anilines is 1. The zero-order chi connectivity index (χ0) is 17.3. The highest BCUT2D eigenvalue weighted by Crippen LogP contribution is 2.28. The molecule has 0 fully saturated rings. The predicted octanol–water partition coefficient (Wildman–Crippen LogP) is 3.50. The van der Waals surface area contributed by atoms with Gasteiger partial charge in [0.15, 0.2) is 0 Å². The quantitative estimate of drug-likeness (QED) is 0.743. The Hall–Kier alpha value is -2.69. The molecule has 8 heteroatoms. The van der Waals surface area contributed by atoms with Crippen LogP contribution < -0.4 is 9.46 Å². The van der Waals surface area contributed by atoms with E-state index in [1.807, 2.05) is 6.07 Å². The summed E-state index contributed by atoms with van der Waals surface area (Å²) in [6.45, 7) is 0. The van der Waals surface area contributed by atoms with Crippen LogP contribution in [0.5, 0.6) is 5.75 Å². The maximum Gasteiger partial charge on any atom is 0.264 e. The van der Waals surface area contributed by atoms with Gasteiger partial charge >= 0.3 is 0 Å². The Morgan fingerprint density at radius 3 is 2.75 bits per heavy atom. The van der Waals surface area contributed by atoms with E-state index in [-0.39, 0.29) is 4.90 Å². The average Bonchev–Trinajstić information content (AvgIpc) is 2.98. The molecule has 6 nitrogen and oxygen atoms in total. The van der Waals surface area contributed by atoms with Crippen LogP contribution in [-0.4, -0.2) is 20.5 Å². The molecular formula is C16H12ClN3O3S. The van der Waals surface area contributed by atoms with Gasteiger partial charge in [-0.05, 0) is 30.3 Å². The molecule has 0 unspecified atom stereocenters. The molecule has 1 heterocycles. The molecule has 0 spiro atoms. The Morgan fingerprint density at radius 2 is 2.04 bits per heavy atom. The molecule has 0 radical (unpaired) electrons. The minimum Gasteiger partial charge on any atom is -0.495 e. The van der Waals surface area contributed by atoms with E-state index in [4.69, 9.17) is 21.6 Å². The van der Waals surface area contributed by atoms with Crippen molar-refractivity contribution in [3.05, 3.63) is 53.2 Å². The zero-order valence-corrected chi connectivity index (χ0v) is 14.1. The van der Waals surface area contributed by atoms with Crippen molar-refractivity contribution in [3.8, 4) is 11.8 Å². The van der Waals surface area contributed by atoms with E-state index in [2.05, 4.69) is 9.71 Å². The van der Waals surface area contributed by atoms with Crippen molar-refractivity contribution in [1.29, 1.82) is 5.26 Å². The van der Waals surface area contributed by atoms with E-state index in [9.17, 15) is 8.42 Å². The second kappa shape index (κ2) is 6.07. The summed E-state index contributed by atoms with van der Waals surface area (Å²) in [5.41, 5.74) is 1.25. The molecule has 0 amide bonds. The molecule has 3 aromatic rings. The second-order valence-electron chi connectivity index (χ2n) is 4.98. The smallest absolute Gasteiger partial charge is 0.264 e. The number of nitriles is 1. The molecule has 0 aliphatic rings. The predicted molar refractivity (Wildman–Crippen MR) is 91.8 cm³/mol. The number of sulfonamides is 1. The minimum absolute atomic E-state index is 0.109. The number of halogens is 1. The van der Waals surface area contributed by atoms with Crippen molar-refractivity contribution in [2.75, 3.05) is 11.8 Å². The van der Waals surface area contributed by atoms with Crippen LogP contribution >= 0.6 is 11.6 Å². The van der Waals surface area contributed by atoms with Crippen LogP contribution in [0.1, 0.15) is 5.56 Å². The summed E-state index contributed by atoms with van der Waals surface area (Å²) in [7, 11) is -2.40. The van der Waals surface area contributed by atoms with Gasteiger partial charge in [0.25, 0.3) is 10.0 Å². The third-order valence-electron chi connectivity index (χ3n) is 3.47. The number of methoxy groups -OCH3 is 1. The Balaban J connectivity index is 2.01. The molecule has 0 bridgehead atoms. The summed E-state index contributed by atoms with van der Waals surface area (Å²) >= 11 is 5.91. The van der Waals surface area contributed by atoms with Gasteiger partial charge in [0, 0.05) is 28.2 Å². The zero-order valence-electron chi connectivity index (χ0n) is 12.5. The van der Waals surface area contributed by atoms with Crippen LogP contribution in [0.2, 0.25) is 5.02 Å². The van der Waals surface area contributed by atoms with Crippen LogP contribution in [0.4, 0.5) is 5.69 Å². The number of hydrogen-bond donors (Lipinski definition) is 2. The highest BCUT2D eigenvalue weighted by atomic mass is 35.5. The summed E-state index contributed by atoms with van der Waals surface area (Å²) in [4.78, 5) is 3.00. The molecule has 2 aromatic carbocycles. The minimum atomic E-state index is -3.82. The molecule has 1 aromatic heterocycles. The SMILES string of the molecule is COc1cc(NS(=O)(=O)c2c[nH]c3cc(Cl)ccc23)ccc1C#N. The van der Waals surface area contributed by atoms with Gasteiger partial charge in [0.1, 0.15) is 16.7 Å².